The van der Waals surface area contributed by atoms with Crippen LogP contribution in [0.1, 0.15) is 29.8 Å². The fraction of sp³-hybridized carbons (Fsp3) is 0.389. The molecule has 0 radical (unpaired) electrons. The third-order valence-electron chi connectivity index (χ3n) is 3.91. The van der Waals surface area contributed by atoms with Gasteiger partial charge < -0.3 is 5.32 Å². The van der Waals surface area contributed by atoms with E-state index in [1.165, 1.54) is 28.1 Å². The lowest BCUT2D eigenvalue weighted by molar-refractivity contribution is 0.0956. The highest BCUT2D eigenvalue weighted by Gasteiger charge is 2.23. The summed E-state index contributed by atoms with van der Waals surface area (Å²) in [7, 11) is -3.64. The SMILES string of the molecule is CCN(CC)S(=O)(=O)c1ccc(Cl)c(C(=O)NCCSCc2ccsc2)c1. The lowest BCUT2D eigenvalue weighted by Gasteiger charge is -2.19. The van der Waals surface area contributed by atoms with Gasteiger partial charge in [0, 0.05) is 31.1 Å². The summed E-state index contributed by atoms with van der Waals surface area (Å²) < 4.78 is 26.6. The van der Waals surface area contributed by atoms with E-state index in [-0.39, 0.29) is 21.4 Å². The van der Waals surface area contributed by atoms with Crippen LogP contribution in [0.15, 0.2) is 39.9 Å². The van der Waals surface area contributed by atoms with E-state index in [2.05, 4.69) is 16.8 Å². The van der Waals surface area contributed by atoms with Crippen molar-refractivity contribution in [1.29, 1.82) is 0 Å². The van der Waals surface area contributed by atoms with Gasteiger partial charge in [-0.15, -0.1) is 0 Å². The molecule has 0 spiro atoms. The molecule has 1 heterocycles. The Labute approximate surface area is 174 Å². The molecule has 1 aromatic heterocycles. The Bertz CT molecular complexity index is 851. The van der Waals surface area contributed by atoms with Gasteiger partial charge in [-0.1, -0.05) is 25.4 Å². The first-order valence-corrected chi connectivity index (χ1v) is 12.5. The summed E-state index contributed by atoms with van der Waals surface area (Å²) in [5.74, 6) is 1.29. The monoisotopic (exact) mass is 446 g/mol. The Hall–Kier alpha value is -1.06. The Morgan fingerprint density at radius 1 is 1.26 bits per heavy atom. The van der Waals surface area contributed by atoms with Gasteiger partial charge in [-0.05, 0) is 40.6 Å². The minimum atomic E-state index is -3.64. The fourth-order valence-corrected chi connectivity index (χ4v) is 5.72. The van der Waals surface area contributed by atoms with Crippen LogP contribution in [0.2, 0.25) is 5.02 Å². The maximum Gasteiger partial charge on any atom is 0.252 e. The van der Waals surface area contributed by atoms with Crippen molar-refractivity contribution in [3.63, 3.8) is 0 Å². The van der Waals surface area contributed by atoms with E-state index in [0.717, 1.165) is 11.5 Å². The first kappa shape index (κ1) is 22.2. The van der Waals surface area contributed by atoms with E-state index in [4.69, 9.17) is 11.6 Å². The van der Waals surface area contributed by atoms with Gasteiger partial charge >= 0.3 is 0 Å². The summed E-state index contributed by atoms with van der Waals surface area (Å²) in [4.78, 5) is 12.5. The van der Waals surface area contributed by atoms with Crippen molar-refractivity contribution in [2.75, 3.05) is 25.4 Å². The molecule has 5 nitrogen and oxygen atoms in total. The van der Waals surface area contributed by atoms with Crippen molar-refractivity contribution in [2.24, 2.45) is 0 Å². The van der Waals surface area contributed by atoms with Crippen LogP contribution in [0.3, 0.4) is 0 Å². The van der Waals surface area contributed by atoms with E-state index in [0.29, 0.717) is 19.6 Å². The second kappa shape index (κ2) is 10.5. The van der Waals surface area contributed by atoms with Crippen LogP contribution in [-0.2, 0) is 15.8 Å². The largest absolute Gasteiger partial charge is 0.351 e. The number of benzene rings is 1. The standard InChI is InChI=1S/C18H23ClN2O3S3/c1-3-21(4-2)27(23,24)15-5-6-17(19)16(11-15)18(22)20-8-10-26-13-14-7-9-25-12-14/h5-7,9,11-12H,3-4,8,10,13H2,1-2H3,(H,20,22). The molecule has 0 aliphatic heterocycles. The summed E-state index contributed by atoms with van der Waals surface area (Å²) >= 11 is 9.51. The Morgan fingerprint density at radius 2 is 2.00 bits per heavy atom. The summed E-state index contributed by atoms with van der Waals surface area (Å²) in [5.41, 5.74) is 1.45. The summed E-state index contributed by atoms with van der Waals surface area (Å²) in [6.45, 7) is 4.77. The van der Waals surface area contributed by atoms with Crippen LogP contribution in [0, 0.1) is 0 Å². The van der Waals surface area contributed by atoms with Crippen molar-refractivity contribution in [3.8, 4) is 0 Å². The normalized spacial score (nSPS) is 11.7. The zero-order valence-corrected chi connectivity index (χ0v) is 18.5. The van der Waals surface area contributed by atoms with Crippen molar-refractivity contribution in [3.05, 3.63) is 51.2 Å². The van der Waals surface area contributed by atoms with Crippen molar-refractivity contribution in [2.45, 2.75) is 24.5 Å². The highest BCUT2D eigenvalue weighted by molar-refractivity contribution is 7.98. The number of thiophene rings is 1. The van der Waals surface area contributed by atoms with Gasteiger partial charge in [0.2, 0.25) is 10.0 Å². The van der Waals surface area contributed by atoms with Crippen molar-refractivity contribution < 1.29 is 13.2 Å². The molecule has 27 heavy (non-hydrogen) atoms. The number of nitrogens with zero attached hydrogens (tertiary/aromatic N) is 1. The van der Waals surface area contributed by atoms with Crippen LogP contribution < -0.4 is 5.32 Å². The molecular formula is C18H23ClN2O3S3. The minimum absolute atomic E-state index is 0.0765. The molecule has 1 amide bonds. The highest BCUT2D eigenvalue weighted by Crippen LogP contribution is 2.23. The van der Waals surface area contributed by atoms with Crippen LogP contribution in [0.25, 0.3) is 0 Å². The fourth-order valence-electron chi connectivity index (χ4n) is 2.45. The number of carbonyl (C=O) groups is 1. The highest BCUT2D eigenvalue weighted by atomic mass is 35.5. The third kappa shape index (κ3) is 5.96. The topological polar surface area (TPSA) is 66.5 Å². The number of carbonyl (C=O) groups excluding carboxylic acids is 1. The van der Waals surface area contributed by atoms with Gasteiger partial charge in [0.05, 0.1) is 15.5 Å². The molecule has 2 aromatic rings. The lowest BCUT2D eigenvalue weighted by atomic mass is 10.2. The molecule has 0 saturated heterocycles. The van der Waals surface area contributed by atoms with Crippen LogP contribution in [0.5, 0.6) is 0 Å². The van der Waals surface area contributed by atoms with E-state index in [9.17, 15) is 13.2 Å². The van der Waals surface area contributed by atoms with E-state index < -0.39 is 10.0 Å². The lowest BCUT2D eigenvalue weighted by Crippen LogP contribution is -2.31. The summed E-state index contributed by atoms with van der Waals surface area (Å²) in [6.07, 6.45) is 0. The molecule has 2 rings (SSSR count). The first-order chi connectivity index (χ1) is 12.9. The Morgan fingerprint density at radius 3 is 2.63 bits per heavy atom. The van der Waals surface area contributed by atoms with Crippen LogP contribution >= 0.6 is 34.7 Å². The molecule has 1 aromatic carbocycles. The maximum absolute atomic E-state index is 12.6. The molecule has 9 heteroatoms. The average Bonchev–Trinajstić information content (AvgIpc) is 3.15. The zero-order chi connectivity index (χ0) is 19.9. The number of amides is 1. The predicted octanol–water partition coefficient (Wildman–Crippen LogP) is 4.10. The number of hydrogen-bond donors (Lipinski definition) is 1. The van der Waals surface area contributed by atoms with Crippen LogP contribution in [-0.4, -0.2) is 44.0 Å². The molecule has 0 aliphatic carbocycles. The molecule has 0 atom stereocenters. The molecular weight excluding hydrogens is 424 g/mol. The van der Waals surface area contributed by atoms with Crippen molar-refractivity contribution in [1.82, 2.24) is 9.62 Å². The summed E-state index contributed by atoms with van der Waals surface area (Å²) in [6, 6.07) is 6.32. The average molecular weight is 447 g/mol. The quantitative estimate of drug-likeness (QED) is 0.558. The van der Waals surface area contributed by atoms with Gasteiger partial charge in [0.15, 0.2) is 0 Å². The zero-order valence-electron chi connectivity index (χ0n) is 15.3. The van der Waals surface area contributed by atoms with Gasteiger partial charge in [-0.25, -0.2) is 8.42 Å². The van der Waals surface area contributed by atoms with Gasteiger partial charge in [0.25, 0.3) is 5.91 Å². The maximum atomic E-state index is 12.6. The molecule has 0 bridgehead atoms. The Balaban J connectivity index is 1.99. The third-order valence-corrected chi connectivity index (χ3v) is 8.04. The van der Waals surface area contributed by atoms with Gasteiger partial charge in [-0.2, -0.15) is 27.4 Å². The van der Waals surface area contributed by atoms with E-state index in [1.54, 1.807) is 36.9 Å². The predicted molar refractivity (Wildman–Crippen MR) is 114 cm³/mol. The van der Waals surface area contributed by atoms with Gasteiger partial charge in [-0.3, -0.25) is 4.79 Å². The number of nitrogens with one attached hydrogen (secondary N) is 1. The molecule has 0 unspecified atom stereocenters. The number of hydrogen-bond acceptors (Lipinski definition) is 5. The van der Waals surface area contributed by atoms with Crippen LogP contribution in [0.4, 0.5) is 0 Å². The number of thioether (sulfide) groups is 1. The minimum Gasteiger partial charge on any atom is -0.351 e. The molecule has 0 aliphatic rings. The molecule has 0 fully saturated rings. The molecule has 0 saturated carbocycles. The number of sulfonamides is 1. The van der Waals surface area contributed by atoms with Crippen molar-refractivity contribution >= 4 is 50.6 Å². The second-order valence-electron chi connectivity index (χ2n) is 5.67. The Kier molecular flexibility index (Phi) is 8.62. The number of halogens is 1. The molecule has 148 valence electrons. The first-order valence-electron chi connectivity index (χ1n) is 8.56. The number of rotatable bonds is 10. The summed E-state index contributed by atoms with van der Waals surface area (Å²) in [5, 5.41) is 7.18. The van der Waals surface area contributed by atoms with E-state index >= 15 is 0 Å². The smallest absolute Gasteiger partial charge is 0.252 e. The van der Waals surface area contributed by atoms with Gasteiger partial charge in [0.1, 0.15) is 0 Å². The second-order valence-corrected chi connectivity index (χ2v) is 9.90. The van der Waals surface area contributed by atoms with E-state index in [1.807, 2.05) is 5.38 Å². The molecule has 1 N–H and O–H groups in total.